The monoisotopic (exact) mass is 523 g/mol. The highest BCUT2D eigenvalue weighted by atomic mass is 32.2. The molecule has 1 aliphatic rings. The normalized spacial score (nSPS) is 16.4. The zero-order valence-electron chi connectivity index (χ0n) is 20.3. The van der Waals surface area contributed by atoms with Crippen molar-refractivity contribution in [2.75, 3.05) is 6.61 Å². The van der Waals surface area contributed by atoms with E-state index in [1.807, 2.05) is 13.8 Å². The molecule has 192 valence electrons. The van der Waals surface area contributed by atoms with Gasteiger partial charge in [0.05, 0.1) is 24.0 Å². The van der Waals surface area contributed by atoms with E-state index >= 15 is 0 Å². The highest BCUT2D eigenvalue weighted by Gasteiger charge is 2.41. The fourth-order valence-corrected chi connectivity index (χ4v) is 5.00. The van der Waals surface area contributed by atoms with Gasteiger partial charge in [-0.1, -0.05) is 62.7 Å². The van der Waals surface area contributed by atoms with Gasteiger partial charge in [-0.25, -0.2) is 4.79 Å². The van der Waals surface area contributed by atoms with E-state index in [0.29, 0.717) is 23.7 Å². The van der Waals surface area contributed by atoms with E-state index in [1.165, 1.54) is 25.7 Å². The summed E-state index contributed by atoms with van der Waals surface area (Å²) in [5, 5.41) is 18.4. The number of aliphatic carboxylic acids is 2. The molecule has 0 radical (unpaired) electrons. The van der Waals surface area contributed by atoms with E-state index in [-0.39, 0.29) is 15.3 Å². The Hall–Kier alpha value is -2.59. The van der Waals surface area contributed by atoms with Crippen LogP contribution >= 0.6 is 24.0 Å². The fourth-order valence-electron chi connectivity index (χ4n) is 3.65. The van der Waals surface area contributed by atoms with Crippen molar-refractivity contribution in [3.8, 4) is 11.5 Å². The summed E-state index contributed by atoms with van der Waals surface area (Å²) in [6, 6.07) is 3.76. The lowest BCUT2D eigenvalue weighted by Crippen LogP contribution is -2.45. The Morgan fingerprint density at radius 3 is 2.49 bits per heavy atom. The molecule has 1 amide bonds. The maximum absolute atomic E-state index is 12.9. The zero-order valence-corrected chi connectivity index (χ0v) is 22.0. The third kappa shape index (κ3) is 8.54. The standard InChI is InChI=1S/C25H33NO7S2/c1-4-6-7-8-9-10-16(3)33-19-12-11-17(13-20(19)32-5-2)14-21-23(29)26(25(34)35-21)18(24(30)31)15-22(27)28/h11-14,16,18H,4-10,15H2,1-3H3,(H,27,28)(H,30,31)/b21-14+/t16-,18+/m0/s1. The van der Waals surface area contributed by atoms with E-state index < -0.39 is 30.3 Å². The predicted octanol–water partition coefficient (Wildman–Crippen LogP) is 5.34. The molecule has 1 heterocycles. The summed E-state index contributed by atoms with van der Waals surface area (Å²) in [6.45, 7) is 6.53. The molecular weight excluding hydrogens is 490 g/mol. The molecule has 0 saturated carbocycles. The summed E-state index contributed by atoms with van der Waals surface area (Å²) >= 11 is 6.12. The number of carbonyl (C=O) groups excluding carboxylic acids is 1. The number of carboxylic acids is 2. The minimum absolute atomic E-state index is 0.00708. The van der Waals surface area contributed by atoms with Gasteiger partial charge in [0.1, 0.15) is 10.4 Å². The van der Waals surface area contributed by atoms with Gasteiger partial charge < -0.3 is 19.7 Å². The molecule has 35 heavy (non-hydrogen) atoms. The number of hydrogen-bond acceptors (Lipinski definition) is 7. The van der Waals surface area contributed by atoms with Crippen molar-refractivity contribution >= 4 is 52.2 Å². The van der Waals surface area contributed by atoms with Crippen LogP contribution in [0.15, 0.2) is 23.1 Å². The number of unbranched alkanes of at least 4 members (excludes halogenated alkanes) is 4. The van der Waals surface area contributed by atoms with Crippen molar-refractivity contribution in [2.24, 2.45) is 0 Å². The molecule has 0 aliphatic carbocycles. The summed E-state index contributed by atoms with van der Waals surface area (Å²) in [7, 11) is 0. The highest BCUT2D eigenvalue weighted by molar-refractivity contribution is 8.26. The molecule has 8 nitrogen and oxygen atoms in total. The van der Waals surface area contributed by atoms with Gasteiger partial charge in [-0.05, 0) is 50.5 Å². The van der Waals surface area contributed by atoms with Crippen LogP contribution in [0.3, 0.4) is 0 Å². The third-order valence-electron chi connectivity index (χ3n) is 5.40. The third-order valence-corrected chi connectivity index (χ3v) is 6.73. The van der Waals surface area contributed by atoms with Crippen LogP contribution in [-0.2, 0) is 14.4 Å². The molecule has 10 heteroatoms. The first kappa shape index (κ1) is 28.6. The van der Waals surface area contributed by atoms with E-state index in [1.54, 1.807) is 24.3 Å². The average Bonchev–Trinajstić information content (AvgIpc) is 3.06. The van der Waals surface area contributed by atoms with Gasteiger partial charge in [-0.2, -0.15) is 0 Å². The number of amides is 1. The summed E-state index contributed by atoms with van der Waals surface area (Å²) in [6.07, 6.45) is 7.80. The van der Waals surface area contributed by atoms with Crippen LogP contribution in [-0.4, -0.2) is 56.0 Å². The Morgan fingerprint density at radius 2 is 1.86 bits per heavy atom. The number of carboxylic acid groups (broad SMARTS) is 2. The van der Waals surface area contributed by atoms with Crippen LogP contribution < -0.4 is 9.47 Å². The SMILES string of the molecule is CCCCCCC[C@H](C)Oc1ccc(/C=C2/SC(=S)N([C@H](CC(=O)O)C(=O)O)C2=O)cc1OCC. The Kier molecular flexibility index (Phi) is 11.5. The van der Waals surface area contributed by atoms with Gasteiger partial charge in [-0.15, -0.1) is 0 Å². The second-order valence-electron chi connectivity index (χ2n) is 8.27. The van der Waals surface area contributed by atoms with Gasteiger partial charge in [0.15, 0.2) is 11.5 Å². The van der Waals surface area contributed by atoms with Crippen LogP contribution in [0.5, 0.6) is 11.5 Å². The van der Waals surface area contributed by atoms with Crippen LogP contribution in [0.2, 0.25) is 0 Å². The number of benzene rings is 1. The van der Waals surface area contributed by atoms with E-state index in [2.05, 4.69) is 6.92 Å². The molecule has 2 rings (SSSR count). The van der Waals surface area contributed by atoms with E-state index in [9.17, 15) is 19.5 Å². The van der Waals surface area contributed by atoms with Crippen molar-refractivity contribution in [3.63, 3.8) is 0 Å². The van der Waals surface area contributed by atoms with Gasteiger partial charge in [0.2, 0.25) is 0 Å². The summed E-state index contributed by atoms with van der Waals surface area (Å²) in [4.78, 5) is 36.6. The van der Waals surface area contributed by atoms with Crippen molar-refractivity contribution in [1.82, 2.24) is 4.90 Å². The minimum atomic E-state index is -1.57. The second kappa shape index (κ2) is 14.1. The van der Waals surface area contributed by atoms with Gasteiger partial charge in [0, 0.05) is 0 Å². The number of hydrogen-bond donors (Lipinski definition) is 2. The predicted molar refractivity (Wildman–Crippen MR) is 140 cm³/mol. The van der Waals surface area contributed by atoms with Gasteiger partial charge >= 0.3 is 11.9 Å². The smallest absolute Gasteiger partial charge is 0.327 e. The highest BCUT2D eigenvalue weighted by Crippen LogP contribution is 2.36. The van der Waals surface area contributed by atoms with Crippen LogP contribution in [0, 0.1) is 0 Å². The summed E-state index contributed by atoms with van der Waals surface area (Å²) in [5.41, 5.74) is 0.652. The van der Waals surface area contributed by atoms with Gasteiger partial charge in [0.25, 0.3) is 5.91 Å². The number of nitrogens with zero attached hydrogens (tertiary/aromatic N) is 1. The number of ether oxygens (including phenoxy) is 2. The lowest BCUT2D eigenvalue weighted by atomic mass is 10.1. The number of thioether (sulfide) groups is 1. The van der Waals surface area contributed by atoms with Crippen molar-refractivity contribution in [1.29, 1.82) is 0 Å². The molecular formula is C25H33NO7S2. The number of carbonyl (C=O) groups is 3. The Morgan fingerprint density at radius 1 is 1.14 bits per heavy atom. The minimum Gasteiger partial charge on any atom is -0.490 e. The largest absolute Gasteiger partial charge is 0.490 e. The van der Waals surface area contributed by atoms with Crippen LogP contribution in [0.4, 0.5) is 0 Å². The Bertz CT molecular complexity index is 963. The topological polar surface area (TPSA) is 113 Å². The molecule has 0 unspecified atom stereocenters. The van der Waals surface area contributed by atoms with Crippen molar-refractivity contribution in [3.05, 3.63) is 28.7 Å². The van der Waals surface area contributed by atoms with Crippen molar-refractivity contribution in [2.45, 2.75) is 77.9 Å². The first-order chi connectivity index (χ1) is 16.7. The molecule has 0 bridgehead atoms. The summed E-state index contributed by atoms with van der Waals surface area (Å²) < 4.78 is 11.9. The van der Waals surface area contributed by atoms with E-state index in [4.69, 9.17) is 26.8 Å². The van der Waals surface area contributed by atoms with Crippen molar-refractivity contribution < 1.29 is 34.1 Å². The Balaban J connectivity index is 2.16. The molecule has 1 aromatic rings. The number of rotatable bonds is 15. The molecule has 0 spiro atoms. The van der Waals surface area contributed by atoms with Crippen LogP contribution in [0.25, 0.3) is 6.08 Å². The molecule has 1 saturated heterocycles. The number of thiocarbonyl (C=S) groups is 1. The quantitative estimate of drug-likeness (QED) is 0.179. The fraction of sp³-hybridized carbons (Fsp3) is 0.520. The second-order valence-corrected chi connectivity index (χ2v) is 9.95. The van der Waals surface area contributed by atoms with Crippen LogP contribution in [0.1, 0.15) is 71.3 Å². The maximum atomic E-state index is 12.9. The molecule has 1 aromatic carbocycles. The van der Waals surface area contributed by atoms with E-state index in [0.717, 1.165) is 29.5 Å². The maximum Gasteiger partial charge on any atom is 0.327 e. The Labute approximate surface area is 215 Å². The lowest BCUT2D eigenvalue weighted by molar-refractivity contribution is -0.150. The molecule has 2 atom stereocenters. The zero-order chi connectivity index (χ0) is 26.0. The molecule has 1 aliphatic heterocycles. The molecule has 0 aromatic heterocycles. The molecule has 1 fully saturated rings. The first-order valence-electron chi connectivity index (χ1n) is 11.8. The summed E-state index contributed by atoms with van der Waals surface area (Å²) in [5.74, 6) is -2.23. The lowest BCUT2D eigenvalue weighted by Gasteiger charge is -2.21. The molecule has 2 N–H and O–H groups in total. The van der Waals surface area contributed by atoms with Gasteiger partial charge in [-0.3, -0.25) is 14.5 Å². The average molecular weight is 524 g/mol. The first-order valence-corrected chi connectivity index (χ1v) is 13.1.